The Morgan fingerprint density at radius 3 is 2.50 bits per heavy atom. The van der Waals surface area contributed by atoms with E-state index in [-0.39, 0.29) is 0 Å². The standard InChI is InChI=1S/C12H8BrClN2/c13-12-6-5-11(8-16-12)15-7-9-1-3-10(14)4-2-9/h1-8H/b15-7+. The van der Waals surface area contributed by atoms with E-state index in [1.165, 1.54) is 0 Å². The first kappa shape index (κ1) is 11.3. The van der Waals surface area contributed by atoms with Gasteiger partial charge >= 0.3 is 0 Å². The predicted molar refractivity (Wildman–Crippen MR) is 70.6 cm³/mol. The van der Waals surface area contributed by atoms with Crippen molar-refractivity contribution < 1.29 is 0 Å². The van der Waals surface area contributed by atoms with Crippen LogP contribution in [0.4, 0.5) is 5.69 Å². The summed E-state index contributed by atoms with van der Waals surface area (Å²) in [5, 5.41) is 0.724. The van der Waals surface area contributed by atoms with Crippen molar-refractivity contribution in [1.82, 2.24) is 4.98 Å². The van der Waals surface area contributed by atoms with Crippen molar-refractivity contribution in [2.24, 2.45) is 4.99 Å². The smallest absolute Gasteiger partial charge is 0.106 e. The Hall–Kier alpha value is -1.19. The molecule has 0 spiro atoms. The summed E-state index contributed by atoms with van der Waals surface area (Å²) in [5.74, 6) is 0. The number of rotatable bonds is 2. The van der Waals surface area contributed by atoms with Crippen LogP contribution in [0.3, 0.4) is 0 Å². The highest BCUT2D eigenvalue weighted by molar-refractivity contribution is 9.10. The molecule has 1 aromatic heterocycles. The minimum Gasteiger partial charge on any atom is -0.255 e. The van der Waals surface area contributed by atoms with E-state index in [0.717, 1.165) is 20.9 Å². The Bertz CT molecular complexity index is 444. The second kappa shape index (κ2) is 5.23. The van der Waals surface area contributed by atoms with Gasteiger partial charge in [-0.15, -0.1) is 0 Å². The van der Waals surface area contributed by atoms with Crippen LogP contribution in [0.25, 0.3) is 0 Å². The van der Waals surface area contributed by atoms with E-state index in [1.54, 1.807) is 12.4 Å². The molecular weight excluding hydrogens is 288 g/mol. The third kappa shape index (κ3) is 3.15. The molecule has 0 unspecified atom stereocenters. The van der Waals surface area contributed by atoms with Crippen molar-refractivity contribution in [2.45, 2.75) is 0 Å². The molecule has 0 atom stereocenters. The van der Waals surface area contributed by atoms with E-state index >= 15 is 0 Å². The number of aromatic nitrogens is 1. The number of hydrogen-bond acceptors (Lipinski definition) is 2. The number of halogens is 2. The first-order valence-electron chi connectivity index (χ1n) is 4.65. The lowest BCUT2D eigenvalue weighted by molar-refractivity contribution is 1.26. The highest BCUT2D eigenvalue weighted by atomic mass is 79.9. The van der Waals surface area contributed by atoms with Gasteiger partial charge in [-0.05, 0) is 45.8 Å². The molecule has 80 valence electrons. The zero-order chi connectivity index (χ0) is 11.4. The van der Waals surface area contributed by atoms with Gasteiger partial charge in [-0.3, -0.25) is 4.99 Å². The fourth-order valence-electron chi connectivity index (χ4n) is 1.14. The van der Waals surface area contributed by atoms with E-state index in [4.69, 9.17) is 11.6 Å². The van der Waals surface area contributed by atoms with Crippen molar-refractivity contribution in [3.8, 4) is 0 Å². The second-order valence-corrected chi connectivity index (χ2v) is 4.40. The number of nitrogens with zero attached hydrogens (tertiary/aromatic N) is 2. The maximum atomic E-state index is 5.79. The van der Waals surface area contributed by atoms with Gasteiger partial charge in [0.1, 0.15) is 4.60 Å². The van der Waals surface area contributed by atoms with Gasteiger partial charge < -0.3 is 0 Å². The maximum absolute atomic E-state index is 5.79. The molecule has 0 N–H and O–H groups in total. The number of benzene rings is 1. The Morgan fingerprint density at radius 2 is 1.88 bits per heavy atom. The summed E-state index contributed by atoms with van der Waals surface area (Å²) >= 11 is 9.06. The third-order valence-electron chi connectivity index (χ3n) is 1.94. The zero-order valence-corrected chi connectivity index (χ0v) is 10.6. The van der Waals surface area contributed by atoms with Crippen molar-refractivity contribution in [1.29, 1.82) is 0 Å². The van der Waals surface area contributed by atoms with Crippen molar-refractivity contribution >= 4 is 39.4 Å². The molecule has 2 rings (SSSR count). The molecule has 0 aliphatic carbocycles. The highest BCUT2D eigenvalue weighted by Crippen LogP contribution is 2.14. The van der Waals surface area contributed by atoms with Gasteiger partial charge in [0.15, 0.2) is 0 Å². The van der Waals surface area contributed by atoms with Gasteiger partial charge in [-0.1, -0.05) is 23.7 Å². The van der Waals surface area contributed by atoms with Gasteiger partial charge in [-0.25, -0.2) is 4.98 Å². The molecule has 2 aromatic rings. The molecule has 0 bridgehead atoms. The second-order valence-electron chi connectivity index (χ2n) is 3.15. The predicted octanol–water partition coefficient (Wildman–Crippen LogP) is 4.25. The number of aliphatic imine (C=N–C) groups is 1. The lowest BCUT2D eigenvalue weighted by atomic mass is 10.2. The van der Waals surface area contributed by atoms with E-state index < -0.39 is 0 Å². The fourth-order valence-corrected chi connectivity index (χ4v) is 1.50. The van der Waals surface area contributed by atoms with Crippen LogP contribution in [0, 0.1) is 0 Å². The molecule has 4 heteroatoms. The summed E-state index contributed by atoms with van der Waals surface area (Å²) in [6.07, 6.45) is 3.48. The molecule has 1 heterocycles. The van der Waals surface area contributed by atoms with Crippen LogP contribution in [0.1, 0.15) is 5.56 Å². The van der Waals surface area contributed by atoms with Gasteiger partial charge in [0.25, 0.3) is 0 Å². The van der Waals surface area contributed by atoms with Crippen LogP contribution < -0.4 is 0 Å². The first-order chi connectivity index (χ1) is 7.74. The average molecular weight is 296 g/mol. The van der Waals surface area contributed by atoms with Crippen LogP contribution in [-0.4, -0.2) is 11.2 Å². The monoisotopic (exact) mass is 294 g/mol. The normalized spacial score (nSPS) is 10.9. The molecule has 0 fully saturated rings. The lowest BCUT2D eigenvalue weighted by Crippen LogP contribution is -1.79. The van der Waals surface area contributed by atoms with Gasteiger partial charge in [0.2, 0.25) is 0 Å². The Morgan fingerprint density at radius 1 is 1.12 bits per heavy atom. The largest absolute Gasteiger partial charge is 0.255 e. The van der Waals surface area contributed by atoms with Crippen molar-refractivity contribution in [2.75, 3.05) is 0 Å². The molecule has 0 radical (unpaired) electrons. The quantitative estimate of drug-likeness (QED) is 0.600. The number of pyridine rings is 1. The highest BCUT2D eigenvalue weighted by Gasteiger charge is 1.91. The van der Waals surface area contributed by atoms with Crippen LogP contribution >= 0.6 is 27.5 Å². The molecule has 2 nitrogen and oxygen atoms in total. The summed E-state index contributed by atoms with van der Waals surface area (Å²) in [5.41, 5.74) is 1.82. The van der Waals surface area contributed by atoms with Crippen molar-refractivity contribution in [3.05, 3.63) is 57.8 Å². The van der Waals surface area contributed by atoms with Crippen LogP contribution in [0.5, 0.6) is 0 Å². The van der Waals surface area contributed by atoms with Gasteiger partial charge in [-0.2, -0.15) is 0 Å². The topological polar surface area (TPSA) is 25.2 Å². The Kier molecular flexibility index (Phi) is 3.70. The molecule has 0 aliphatic rings. The lowest BCUT2D eigenvalue weighted by Gasteiger charge is -1.94. The molecule has 0 amide bonds. The van der Waals surface area contributed by atoms with Gasteiger partial charge in [0.05, 0.1) is 11.9 Å². The number of hydrogen-bond donors (Lipinski definition) is 0. The molecule has 16 heavy (non-hydrogen) atoms. The Balaban J connectivity index is 2.15. The molecule has 1 aromatic carbocycles. The summed E-state index contributed by atoms with van der Waals surface area (Å²) < 4.78 is 0.804. The molecular formula is C12H8BrClN2. The van der Waals surface area contributed by atoms with Crippen LogP contribution in [-0.2, 0) is 0 Å². The van der Waals surface area contributed by atoms with Crippen LogP contribution in [0.2, 0.25) is 5.02 Å². The minimum atomic E-state index is 0.724. The van der Waals surface area contributed by atoms with E-state index in [1.807, 2.05) is 36.4 Å². The van der Waals surface area contributed by atoms with E-state index in [0.29, 0.717) is 0 Å². The SMILES string of the molecule is Clc1ccc(/C=N/c2ccc(Br)nc2)cc1. The molecule has 0 aliphatic heterocycles. The minimum absolute atomic E-state index is 0.724. The van der Waals surface area contributed by atoms with E-state index in [2.05, 4.69) is 25.9 Å². The fraction of sp³-hybridized carbons (Fsp3) is 0. The summed E-state index contributed by atoms with van der Waals surface area (Å²) in [7, 11) is 0. The summed E-state index contributed by atoms with van der Waals surface area (Å²) in [6.45, 7) is 0. The summed E-state index contributed by atoms with van der Waals surface area (Å²) in [4.78, 5) is 8.38. The molecule has 0 saturated heterocycles. The van der Waals surface area contributed by atoms with Crippen LogP contribution in [0.15, 0.2) is 52.2 Å². The zero-order valence-electron chi connectivity index (χ0n) is 8.27. The third-order valence-corrected chi connectivity index (χ3v) is 2.67. The summed E-state index contributed by atoms with van der Waals surface area (Å²) in [6, 6.07) is 11.2. The average Bonchev–Trinajstić information content (AvgIpc) is 2.30. The van der Waals surface area contributed by atoms with Gasteiger partial charge in [0, 0.05) is 11.2 Å². The Labute approximate surface area is 107 Å². The first-order valence-corrected chi connectivity index (χ1v) is 5.82. The van der Waals surface area contributed by atoms with E-state index in [9.17, 15) is 0 Å². The van der Waals surface area contributed by atoms with Crippen molar-refractivity contribution in [3.63, 3.8) is 0 Å². The molecule has 0 saturated carbocycles. The maximum Gasteiger partial charge on any atom is 0.106 e.